The van der Waals surface area contributed by atoms with E-state index in [1.165, 1.54) is 29.2 Å². The second-order valence-electron chi connectivity index (χ2n) is 9.74. The highest BCUT2D eigenvalue weighted by Gasteiger charge is 2.33. The van der Waals surface area contributed by atoms with E-state index in [-0.39, 0.29) is 23.4 Å². The summed E-state index contributed by atoms with van der Waals surface area (Å²) in [6, 6.07) is 19.5. The third kappa shape index (κ3) is 7.61. The van der Waals surface area contributed by atoms with E-state index in [9.17, 15) is 18.0 Å². The Balaban J connectivity index is 2.03. The van der Waals surface area contributed by atoms with Crippen molar-refractivity contribution in [2.24, 2.45) is 0 Å². The summed E-state index contributed by atoms with van der Waals surface area (Å²) >= 11 is 6.00. The Hall–Kier alpha value is -3.36. The number of carbonyl (C=O) groups is 2. The van der Waals surface area contributed by atoms with Gasteiger partial charge in [-0.15, -0.1) is 0 Å². The van der Waals surface area contributed by atoms with Crippen molar-refractivity contribution in [2.45, 2.75) is 64.6 Å². The summed E-state index contributed by atoms with van der Waals surface area (Å²) < 4.78 is 28.7. The fourth-order valence-corrected chi connectivity index (χ4v) is 5.53. The van der Waals surface area contributed by atoms with Gasteiger partial charge in [-0.25, -0.2) is 8.42 Å². The van der Waals surface area contributed by atoms with Gasteiger partial charge in [-0.05, 0) is 81.6 Å². The zero-order valence-corrected chi connectivity index (χ0v) is 24.6. The number of rotatable bonds is 11. The monoisotopic (exact) mass is 569 g/mol. The molecule has 0 spiro atoms. The van der Waals surface area contributed by atoms with Crippen LogP contribution in [0.15, 0.2) is 77.7 Å². The molecule has 2 unspecified atom stereocenters. The number of nitrogens with one attached hydrogen (secondary N) is 1. The molecule has 0 radical (unpaired) electrons. The predicted molar refractivity (Wildman–Crippen MR) is 156 cm³/mol. The second-order valence-corrected chi connectivity index (χ2v) is 12.0. The van der Waals surface area contributed by atoms with Crippen LogP contribution in [0.5, 0.6) is 0 Å². The maximum Gasteiger partial charge on any atom is 0.264 e. The lowest BCUT2D eigenvalue weighted by atomic mass is 10.1. The van der Waals surface area contributed by atoms with Gasteiger partial charge in [-0.1, -0.05) is 60.5 Å². The molecule has 3 rings (SSSR count). The van der Waals surface area contributed by atoms with Crippen molar-refractivity contribution in [1.82, 2.24) is 10.2 Å². The van der Waals surface area contributed by atoms with Gasteiger partial charge in [0.15, 0.2) is 0 Å². The summed E-state index contributed by atoms with van der Waals surface area (Å²) in [7, 11) is -4.14. The summed E-state index contributed by atoms with van der Waals surface area (Å²) in [4.78, 5) is 28.5. The van der Waals surface area contributed by atoms with Gasteiger partial charge >= 0.3 is 0 Å². The van der Waals surface area contributed by atoms with Crippen LogP contribution < -0.4 is 9.62 Å². The van der Waals surface area contributed by atoms with Crippen LogP contribution in [-0.4, -0.2) is 43.8 Å². The molecule has 3 aromatic rings. The first-order chi connectivity index (χ1) is 18.4. The largest absolute Gasteiger partial charge is 0.352 e. The molecule has 0 aliphatic rings. The van der Waals surface area contributed by atoms with Crippen LogP contribution in [0, 0.1) is 13.8 Å². The van der Waals surface area contributed by atoms with Gasteiger partial charge in [-0.3, -0.25) is 13.9 Å². The van der Waals surface area contributed by atoms with Crippen LogP contribution in [0.25, 0.3) is 0 Å². The molecule has 0 fully saturated rings. The summed E-state index contributed by atoms with van der Waals surface area (Å²) in [5.41, 5.74) is 3.13. The molecule has 7 nitrogen and oxygen atoms in total. The highest BCUT2D eigenvalue weighted by molar-refractivity contribution is 7.92. The maximum absolute atomic E-state index is 14.0. The Labute approximate surface area is 236 Å². The van der Waals surface area contributed by atoms with E-state index in [1.54, 1.807) is 31.2 Å². The Bertz CT molecular complexity index is 1390. The molecule has 0 saturated heterocycles. The van der Waals surface area contributed by atoms with E-state index in [0.717, 1.165) is 27.4 Å². The van der Waals surface area contributed by atoms with Crippen molar-refractivity contribution in [3.63, 3.8) is 0 Å². The van der Waals surface area contributed by atoms with E-state index in [1.807, 2.05) is 52.0 Å². The summed E-state index contributed by atoms with van der Waals surface area (Å²) in [5, 5.41) is 3.34. The second kappa shape index (κ2) is 13.1. The fraction of sp³-hybridized carbons (Fsp3) is 0.333. The highest BCUT2D eigenvalue weighted by Crippen LogP contribution is 2.26. The number of hydrogen-bond acceptors (Lipinski definition) is 4. The van der Waals surface area contributed by atoms with Crippen LogP contribution in [0.1, 0.15) is 43.9 Å². The SMILES string of the molecule is CCC(C)NC(=O)C(C)N(Cc1ccccc1C)C(=O)CN(c1ccc(C)cc1)S(=O)(=O)c1ccc(Cl)cc1. The highest BCUT2D eigenvalue weighted by atomic mass is 35.5. The molecule has 0 aromatic heterocycles. The van der Waals surface area contributed by atoms with E-state index in [2.05, 4.69) is 5.32 Å². The van der Waals surface area contributed by atoms with Crippen LogP contribution in [0.4, 0.5) is 5.69 Å². The number of aryl methyl sites for hydroxylation is 2. The third-order valence-electron chi connectivity index (χ3n) is 6.77. The molecular weight excluding hydrogens is 534 g/mol. The topological polar surface area (TPSA) is 86.8 Å². The zero-order valence-electron chi connectivity index (χ0n) is 23.0. The van der Waals surface area contributed by atoms with Crippen molar-refractivity contribution in [1.29, 1.82) is 0 Å². The number of sulfonamides is 1. The van der Waals surface area contributed by atoms with Crippen LogP contribution >= 0.6 is 11.6 Å². The Morgan fingerprint density at radius 1 is 0.923 bits per heavy atom. The van der Waals surface area contributed by atoms with Crippen molar-refractivity contribution in [2.75, 3.05) is 10.8 Å². The molecule has 0 saturated carbocycles. The van der Waals surface area contributed by atoms with E-state index >= 15 is 0 Å². The van der Waals surface area contributed by atoms with Crippen molar-refractivity contribution in [3.8, 4) is 0 Å². The average Bonchev–Trinajstić information content (AvgIpc) is 2.91. The van der Waals surface area contributed by atoms with Gasteiger partial charge < -0.3 is 10.2 Å². The lowest BCUT2D eigenvalue weighted by Gasteiger charge is -2.32. The van der Waals surface area contributed by atoms with E-state index in [0.29, 0.717) is 10.7 Å². The molecular formula is C30H36ClN3O4S. The molecule has 0 aliphatic heterocycles. The van der Waals surface area contributed by atoms with Crippen molar-refractivity contribution >= 4 is 39.1 Å². The molecule has 9 heteroatoms. The zero-order chi connectivity index (χ0) is 28.7. The van der Waals surface area contributed by atoms with Crippen LogP contribution in [0.3, 0.4) is 0 Å². The van der Waals surface area contributed by atoms with Gasteiger partial charge in [-0.2, -0.15) is 0 Å². The Morgan fingerprint density at radius 3 is 2.13 bits per heavy atom. The van der Waals surface area contributed by atoms with E-state index < -0.39 is 28.5 Å². The summed E-state index contributed by atoms with van der Waals surface area (Å²) in [5.74, 6) is -0.795. The summed E-state index contributed by atoms with van der Waals surface area (Å²) in [6.07, 6.45) is 0.741. The number of hydrogen-bond donors (Lipinski definition) is 1. The van der Waals surface area contributed by atoms with Gasteiger partial charge in [0, 0.05) is 17.6 Å². The quantitative estimate of drug-likeness (QED) is 0.331. The third-order valence-corrected chi connectivity index (χ3v) is 8.81. The number of halogens is 1. The molecule has 3 aromatic carbocycles. The molecule has 39 heavy (non-hydrogen) atoms. The first kappa shape index (κ1) is 30.2. The molecule has 1 N–H and O–H groups in total. The lowest BCUT2D eigenvalue weighted by molar-refractivity contribution is -0.139. The molecule has 0 heterocycles. The maximum atomic E-state index is 14.0. The van der Waals surface area contributed by atoms with Crippen LogP contribution in [-0.2, 0) is 26.2 Å². The number of anilines is 1. The minimum absolute atomic E-state index is 0.00768. The normalized spacial score (nSPS) is 12.9. The minimum atomic E-state index is -4.14. The molecule has 0 bridgehead atoms. The molecule has 2 atom stereocenters. The molecule has 2 amide bonds. The number of benzene rings is 3. The van der Waals surface area contributed by atoms with E-state index in [4.69, 9.17) is 11.6 Å². The number of carbonyl (C=O) groups excluding carboxylic acids is 2. The van der Waals surface area contributed by atoms with Crippen molar-refractivity contribution < 1.29 is 18.0 Å². The predicted octanol–water partition coefficient (Wildman–Crippen LogP) is 5.48. The smallest absolute Gasteiger partial charge is 0.264 e. The molecule has 208 valence electrons. The van der Waals surface area contributed by atoms with Gasteiger partial charge in [0.1, 0.15) is 12.6 Å². The average molecular weight is 570 g/mol. The fourth-order valence-electron chi connectivity index (χ4n) is 3.99. The first-order valence-corrected chi connectivity index (χ1v) is 14.7. The van der Waals surface area contributed by atoms with Gasteiger partial charge in [0.25, 0.3) is 10.0 Å². The molecule has 0 aliphatic carbocycles. The summed E-state index contributed by atoms with van der Waals surface area (Å²) in [6.45, 7) is 9.03. The Morgan fingerprint density at radius 2 is 1.54 bits per heavy atom. The van der Waals surface area contributed by atoms with Gasteiger partial charge in [0.05, 0.1) is 10.6 Å². The minimum Gasteiger partial charge on any atom is -0.352 e. The van der Waals surface area contributed by atoms with Gasteiger partial charge in [0.2, 0.25) is 11.8 Å². The number of nitrogens with zero attached hydrogens (tertiary/aromatic N) is 2. The van der Waals surface area contributed by atoms with Crippen LogP contribution in [0.2, 0.25) is 5.02 Å². The first-order valence-electron chi connectivity index (χ1n) is 12.9. The Kier molecular flexibility index (Phi) is 10.2. The lowest BCUT2D eigenvalue weighted by Crippen LogP contribution is -2.52. The standard InChI is InChI=1S/C30H36ClN3O4S/c1-6-23(4)32-30(36)24(5)33(19-25-10-8-7-9-22(25)3)29(35)20-34(27-15-11-21(2)12-16-27)39(37,38)28-17-13-26(31)14-18-28/h7-18,23-24H,6,19-20H2,1-5H3,(H,32,36). The van der Waals surface area contributed by atoms with Crippen molar-refractivity contribution in [3.05, 3.63) is 94.5 Å². The number of amides is 2.